The van der Waals surface area contributed by atoms with Crippen molar-refractivity contribution in [2.45, 2.75) is 45.2 Å². The molecule has 0 bridgehead atoms. The van der Waals surface area contributed by atoms with Gasteiger partial charge in [-0.25, -0.2) is 4.68 Å². The van der Waals surface area contributed by atoms with Crippen molar-refractivity contribution in [1.29, 1.82) is 0 Å². The van der Waals surface area contributed by atoms with Gasteiger partial charge in [0.2, 0.25) is 5.91 Å². The first-order chi connectivity index (χ1) is 12.1. The first kappa shape index (κ1) is 15.9. The Labute approximate surface area is 145 Å². The van der Waals surface area contributed by atoms with Crippen LogP contribution in [-0.2, 0) is 11.3 Å². The molecule has 2 heterocycles. The highest BCUT2D eigenvalue weighted by Gasteiger charge is 2.23. The van der Waals surface area contributed by atoms with Crippen LogP contribution in [0.1, 0.15) is 32.6 Å². The van der Waals surface area contributed by atoms with E-state index in [2.05, 4.69) is 22.3 Å². The fourth-order valence-corrected chi connectivity index (χ4v) is 3.81. The SMILES string of the molecule is C[C@H]1CCCC[C@@H]1NC(=O)Cn1ncc2c([nH]c3ccccc32)c1=O. The zero-order chi connectivity index (χ0) is 17.4. The highest BCUT2D eigenvalue weighted by Crippen LogP contribution is 2.24. The van der Waals surface area contributed by atoms with Crippen LogP contribution in [0.5, 0.6) is 0 Å². The lowest BCUT2D eigenvalue weighted by molar-refractivity contribution is -0.123. The summed E-state index contributed by atoms with van der Waals surface area (Å²) < 4.78 is 1.24. The zero-order valence-electron chi connectivity index (χ0n) is 14.3. The summed E-state index contributed by atoms with van der Waals surface area (Å²) in [4.78, 5) is 28.2. The van der Waals surface area contributed by atoms with E-state index < -0.39 is 0 Å². The predicted octanol–water partition coefficient (Wildman–Crippen LogP) is 2.57. The molecule has 2 aromatic heterocycles. The van der Waals surface area contributed by atoms with E-state index >= 15 is 0 Å². The van der Waals surface area contributed by atoms with Crippen molar-refractivity contribution in [3.63, 3.8) is 0 Å². The van der Waals surface area contributed by atoms with Gasteiger partial charge in [-0.3, -0.25) is 9.59 Å². The Morgan fingerprint density at radius 3 is 2.92 bits per heavy atom. The molecule has 2 N–H and O–H groups in total. The quantitative estimate of drug-likeness (QED) is 0.770. The minimum absolute atomic E-state index is 0.0483. The van der Waals surface area contributed by atoms with E-state index in [9.17, 15) is 9.59 Å². The standard InChI is InChI=1S/C19H22N4O2/c1-12-6-2-4-8-15(12)21-17(24)11-23-19(25)18-14(10-20-23)13-7-3-5-9-16(13)22-18/h3,5,7,9-10,12,15,22H,2,4,6,8,11H2,1H3,(H,21,24)/t12-,15-/m0/s1. The number of H-pyrrole nitrogens is 1. The van der Waals surface area contributed by atoms with E-state index in [4.69, 9.17) is 0 Å². The minimum Gasteiger partial charge on any atom is -0.351 e. The topological polar surface area (TPSA) is 79.8 Å². The Morgan fingerprint density at radius 1 is 1.28 bits per heavy atom. The van der Waals surface area contributed by atoms with Gasteiger partial charge >= 0.3 is 0 Å². The molecule has 0 aliphatic heterocycles. The summed E-state index contributed by atoms with van der Waals surface area (Å²) in [6, 6.07) is 7.93. The number of amides is 1. The number of fused-ring (bicyclic) bond motifs is 3. The normalized spacial score (nSPS) is 20.8. The molecule has 0 unspecified atom stereocenters. The average Bonchev–Trinajstić information content (AvgIpc) is 2.99. The minimum atomic E-state index is -0.263. The molecule has 6 nitrogen and oxygen atoms in total. The molecule has 2 atom stereocenters. The molecule has 1 aliphatic carbocycles. The number of hydrogen-bond acceptors (Lipinski definition) is 3. The average molecular weight is 338 g/mol. The number of aromatic nitrogens is 3. The predicted molar refractivity (Wildman–Crippen MR) is 97.4 cm³/mol. The first-order valence-corrected chi connectivity index (χ1v) is 8.89. The van der Waals surface area contributed by atoms with Crippen LogP contribution in [0.3, 0.4) is 0 Å². The van der Waals surface area contributed by atoms with Crippen molar-refractivity contribution >= 4 is 27.7 Å². The Hall–Kier alpha value is -2.63. The van der Waals surface area contributed by atoms with Gasteiger partial charge in [0, 0.05) is 22.3 Å². The lowest BCUT2D eigenvalue weighted by Gasteiger charge is -2.29. The Balaban J connectivity index is 1.59. The number of carbonyl (C=O) groups excluding carboxylic acids is 1. The molecule has 0 spiro atoms. The van der Waals surface area contributed by atoms with Gasteiger partial charge in [-0.15, -0.1) is 0 Å². The van der Waals surface area contributed by atoms with Gasteiger partial charge < -0.3 is 10.3 Å². The maximum atomic E-state index is 12.7. The van der Waals surface area contributed by atoms with E-state index in [1.54, 1.807) is 6.20 Å². The van der Waals surface area contributed by atoms with E-state index in [-0.39, 0.29) is 24.1 Å². The molecular formula is C19H22N4O2. The summed E-state index contributed by atoms with van der Waals surface area (Å²) in [7, 11) is 0. The van der Waals surface area contributed by atoms with Crippen LogP contribution >= 0.6 is 0 Å². The van der Waals surface area contributed by atoms with Crippen LogP contribution in [-0.4, -0.2) is 26.7 Å². The largest absolute Gasteiger partial charge is 0.351 e. The molecule has 1 saturated carbocycles. The summed E-state index contributed by atoms with van der Waals surface area (Å²) >= 11 is 0. The van der Waals surface area contributed by atoms with Gasteiger partial charge in [0.1, 0.15) is 12.1 Å². The van der Waals surface area contributed by atoms with E-state index in [0.717, 1.165) is 35.6 Å². The highest BCUT2D eigenvalue weighted by atomic mass is 16.2. The van der Waals surface area contributed by atoms with Gasteiger partial charge in [-0.1, -0.05) is 38.0 Å². The van der Waals surface area contributed by atoms with E-state index in [1.807, 2.05) is 24.3 Å². The molecule has 25 heavy (non-hydrogen) atoms. The fraction of sp³-hybridized carbons (Fsp3) is 0.421. The fourth-order valence-electron chi connectivity index (χ4n) is 3.81. The van der Waals surface area contributed by atoms with Crippen molar-refractivity contribution in [1.82, 2.24) is 20.1 Å². The molecule has 3 aromatic rings. The van der Waals surface area contributed by atoms with E-state index in [1.165, 1.54) is 11.1 Å². The maximum Gasteiger partial charge on any atom is 0.291 e. The summed E-state index contributed by atoms with van der Waals surface area (Å²) in [5.74, 6) is 0.336. The summed E-state index contributed by atoms with van der Waals surface area (Å²) in [5, 5.41) is 9.03. The second-order valence-corrected chi connectivity index (χ2v) is 7.00. The molecule has 0 radical (unpaired) electrons. The smallest absolute Gasteiger partial charge is 0.291 e. The van der Waals surface area contributed by atoms with Crippen LogP contribution in [0.2, 0.25) is 0 Å². The molecule has 0 saturated heterocycles. The van der Waals surface area contributed by atoms with Crippen LogP contribution in [0, 0.1) is 5.92 Å². The maximum absolute atomic E-state index is 12.7. The highest BCUT2D eigenvalue weighted by molar-refractivity contribution is 6.06. The second kappa shape index (κ2) is 6.35. The van der Waals surface area contributed by atoms with Gasteiger partial charge in [0.15, 0.2) is 0 Å². The third kappa shape index (κ3) is 2.92. The summed E-state index contributed by atoms with van der Waals surface area (Å²) in [6.45, 7) is 2.12. The molecule has 1 amide bonds. The lowest BCUT2D eigenvalue weighted by Crippen LogP contribution is -2.43. The number of carbonyl (C=O) groups is 1. The number of benzene rings is 1. The second-order valence-electron chi connectivity index (χ2n) is 7.00. The molecule has 1 fully saturated rings. The van der Waals surface area contributed by atoms with Crippen molar-refractivity contribution in [2.24, 2.45) is 5.92 Å². The third-order valence-electron chi connectivity index (χ3n) is 5.27. The summed E-state index contributed by atoms with van der Waals surface area (Å²) in [6.07, 6.45) is 6.19. The molecular weight excluding hydrogens is 316 g/mol. The van der Waals surface area contributed by atoms with Crippen LogP contribution in [0.25, 0.3) is 21.8 Å². The van der Waals surface area contributed by atoms with Crippen molar-refractivity contribution in [3.8, 4) is 0 Å². The number of hydrogen-bond donors (Lipinski definition) is 2. The van der Waals surface area contributed by atoms with Crippen molar-refractivity contribution in [2.75, 3.05) is 0 Å². The monoisotopic (exact) mass is 338 g/mol. The molecule has 1 aromatic carbocycles. The number of para-hydroxylation sites is 1. The number of nitrogens with zero attached hydrogens (tertiary/aromatic N) is 2. The number of rotatable bonds is 3. The van der Waals surface area contributed by atoms with Gasteiger partial charge in [0.05, 0.1) is 6.20 Å². The molecule has 1 aliphatic rings. The Kier molecular flexibility index (Phi) is 4.03. The molecule has 130 valence electrons. The Bertz CT molecular complexity index is 988. The zero-order valence-corrected chi connectivity index (χ0v) is 14.3. The summed E-state index contributed by atoms with van der Waals surface area (Å²) in [5.41, 5.74) is 1.13. The molecule has 4 rings (SSSR count). The Morgan fingerprint density at radius 2 is 2.08 bits per heavy atom. The van der Waals surface area contributed by atoms with Gasteiger partial charge in [-0.2, -0.15) is 5.10 Å². The van der Waals surface area contributed by atoms with Crippen LogP contribution in [0.15, 0.2) is 35.3 Å². The first-order valence-electron chi connectivity index (χ1n) is 8.89. The number of aromatic amines is 1. The van der Waals surface area contributed by atoms with Crippen molar-refractivity contribution in [3.05, 3.63) is 40.8 Å². The molecule has 6 heteroatoms. The lowest BCUT2D eigenvalue weighted by atomic mass is 9.86. The van der Waals surface area contributed by atoms with Gasteiger partial charge in [-0.05, 0) is 24.8 Å². The van der Waals surface area contributed by atoms with Gasteiger partial charge in [0.25, 0.3) is 5.56 Å². The van der Waals surface area contributed by atoms with E-state index in [0.29, 0.717) is 11.4 Å². The van der Waals surface area contributed by atoms with Crippen LogP contribution < -0.4 is 10.9 Å². The van der Waals surface area contributed by atoms with Crippen molar-refractivity contribution < 1.29 is 4.79 Å². The third-order valence-corrected chi connectivity index (χ3v) is 5.27. The number of nitrogens with one attached hydrogen (secondary N) is 2. The van der Waals surface area contributed by atoms with Crippen LogP contribution in [0.4, 0.5) is 0 Å².